The molecule has 0 amide bonds. The first-order valence-electron chi connectivity index (χ1n) is 17.0. The van der Waals surface area contributed by atoms with Crippen molar-refractivity contribution in [3.63, 3.8) is 0 Å². The molecule has 0 atom stereocenters. The molecule has 0 unspecified atom stereocenters. The van der Waals surface area contributed by atoms with Gasteiger partial charge in [-0.25, -0.2) is 9.97 Å². The van der Waals surface area contributed by atoms with E-state index in [4.69, 9.17) is 9.97 Å². The highest BCUT2D eigenvalue weighted by molar-refractivity contribution is 6.89. The average molecular weight is 629 g/mol. The van der Waals surface area contributed by atoms with Crippen LogP contribution in [0.2, 0.25) is 0 Å². The molecule has 3 aromatic heterocycles. The third-order valence-electron chi connectivity index (χ3n) is 10.5. The minimum Gasteiger partial charge on any atom is -0.375 e. The molecule has 1 aliphatic heterocycles. The quantitative estimate of drug-likeness (QED) is 0.183. The number of fused-ring (bicyclic) bond motifs is 8. The van der Waals surface area contributed by atoms with E-state index in [0.717, 1.165) is 28.1 Å². The fraction of sp³-hybridized carbons (Fsp3) is 0.0909. The Bertz CT molecular complexity index is 2740. The smallest absolute Gasteiger partial charge is 0.333 e. The number of benzene rings is 6. The summed E-state index contributed by atoms with van der Waals surface area (Å²) >= 11 is 0. The molecule has 0 fully saturated rings. The molecule has 49 heavy (non-hydrogen) atoms. The van der Waals surface area contributed by atoms with E-state index in [1.54, 1.807) is 0 Å². The second-order valence-corrected chi connectivity index (χ2v) is 13.7. The van der Waals surface area contributed by atoms with Crippen LogP contribution in [0.4, 0.5) is 0 Å². The van der Waals surface area contributed by atoms with Crippen molar-refractivity contribution in [3.8, 4) is 28.2 Å². The van der Waals surface area contributed by atoms with E-state index in [9.17, 15) is 0 Å². The molecule has 232 valence electrons. The summed E-state index contributed by atoms with van der Waals surface area (Å²) in [5.41, 5.74) is 17.0. The van der Waals surface area contributed by atoms with Crippen molar-refractivity contribution < 1.29 is 0 Å². The topological polar surface area (TPSA) is 35.6 Å². The van der Waals surface area contributed by atoms with Crippen molar-refractivity contribution in [2.75, 3.05) is 0 Å². The highest BCUT2D eigenvalue weighted by Gasteiger charge is 2.39. The maximum atomic E-state index is 5.31. The number of aryl methyl sites for hydroxylation is 4. The molecule has 0 aliphatic carbocycles. The summed E-state index contributed by atoms with van der Waals surface area (Å²) in [6, 6.07) is 44.2. The Labute approximate surface area is 285 Å². The van der Waals surface area contributed by atoms with E-state index in [2.05, 4.69) is 140 Å². The van der Waals surface area contributed by atoms with Crippen molar-refractivity contribution in [1.29, 1.82) is 0 Å². The molecule has 0 saturated heterocycles. The van der Waals surface area contributed by atoms with Crippen LogP contribution in [-0.2, 0) is 0 Å². The van der Waals surface area contributed by atoms with Gasteiger partial charge in [-0.15, -0.1) is 0 Å². The van der Waals surface area contributed by atoms with Gasteiger partial charge in [-0.2, -0.15) is 0 Å². The lowest BCUT2D eigenvalue weighted by Crippen LogP contribution is -2.54. The zero-order valence-electron chi connectivity index (χ0n) is 28.0. The van der Waals surface area contributed by atoms with E-state index < -0.39 is 0 Å². The predicted octanol–water partition coefficient (Wildman–Crippen LogP) is 9.22. The van der Waals surface area contributed by atoms with E-state index in [0.29, 0.717) is 0 Å². The number of para-hydroxylation sites is 1. The van der Waals surface area contributed by atoms with Gasteiger partial charge in [-0.3, -0.25) is 4.57 Å². The molecule has 0 N–H and O–H groups in total. The van der Waals surface area contributed by atoms with Gasteiger partial charge in [0.2, 0.25) is 0 Å². The minimum atomic E-state index is -0.0868. The Hall–Kier alpha value is -5.94. The SMILES string of the molecule is Cc1cc(C)c2c(c1)c1cc(C)cc(C)c1n2B1c2ccccc2-n2c3nc(-c4ccccc4)ncc3c3ccc(-c4ccccc4)c1c32. The predicted molar refractivity (Wildman–Crippen MR) is 206 cm³/mol. The van der Waals surface area contributed by atoms with Crippen molar-refractivity contribution in [3.05, 3.63) is 150 Å². The highest BCUT2D eigenvalue weighted by atomic mass is 15.1. The Kier molecular flexibility index (Phi) is 5.90. The van der Waals surface area contributed by atoms with Crippen LogP contribution in [0.15, 0.2) is 128 Å². The maximum absolute atomic E-state index is 5.31. The largest absolute Gasteiger partial charge is 0.375 e. The lowest BCUT2D eigenvalue weighted by Gasteiger charge is -2.30. The first kappa shape index (κ1) is 28.1. The van der Waals surface area contributed by atoms with Crippen LogP contribution in [0.25, 0.3) is 71.9 Å². The minimum absolute atomic E-state index is 0.0868. The molecule has 5 heteroatoms. The third kappa shape index (κ3) is 3.93. The maximum Gasteiger partial charge on any atom is 0.333 e. The molecular weight excluding hydrogens is 595 g/mol. The number of nitrogens with zero attached hydrogens (tertiary/aromatic N) is 4. The van der Waals surface area contributed by atoms with Crippen LogP contribution < -0.4 is 10.9 Å². The van der Waals surface area contributed by atoms with Crippen molar-refractivity contribution >= 4 is 61.5 Å². The summed E-state index contributed by atoms with van der Waals surface area (Å²) in [4.78, 5) is 10.2. The number of hydrogen-bond donors (Lipinski definition) is 0. The molecule has 0 saturated carbocycles. The van der Waals surface area contributed by atoms with Crippen LogP contribution in [0.5, 0.6) is 0 Å². The Morgan fingerprint density at radius 2 is 1.16 bits per heavy atom. The van der Waals surface area contributed by atoms with Crippen molar-refractivity contribution in [2.24, 2.45) is 0 Å². The van der Waals surface area contributed by atoms with E-state index in [1.807, 2.05) is 24.4 Å². The van der Waals surface area contributed by atoms with Gasteiger partial charge in [0.05, 0.1) is 5.52 Å². The van der Waals surface area contributed by atoms with Gasteiger partial charge in [-0.05, 0) is 79.1 Å². The highest BCUT2D eigenvalue weighted by Crippen LogP contribution is 2.40. The molecule has 0 radical (unpaired) electrons. The zero-order valence-corrected chi connectivity index (χ0v) is 28.0. The van der Waals surface area contributed by atoms with E-state index in [-0.39, 0.29) is 6.85 Å². The summed E-state index contributed by atoms with van der Waals surface area (Å²) in [7, 11) is 0. The Morgan fingerprint density at radius 1 is 0.551 bits per heavy atom. The molecule has 9 aromatic rings. The number of hydrogen-bond acceptors (Lipinski definition) is 2. The number of rotatable bonds is 3. The molecular formula is C44H33BN4. The van der Waals surface area contributed by atoms with Crippen LogP contribution in [-0.4, -0.2) is 25.9 Å². The van der Waals surface area contributed by atoms with Crippen LogP contribution in [0, 0.1) is 27.7 Å². The number of aromatic nitrogens is 4. The zero-order chi connectivity index (χ0) is 33.0. The van der Waals surface area contributed by atoms with E-state index >= 15 is 0 Å². The van der Waals surface area contributed by atoms with Crippen LogP contribution in [0.1, 0.15) is 22.3 Å². The third-order valence-corrected chi connectivity index (χ3v) is 10.5. The lowest BCUT2D eigenvalue weighted by atomic mass is 9.46. The molecule has 0 spiro atoms. The fourth-order valence-corrected chi connectivity index (χ4v) is 8.70. The molecule has 10 rings (SSSR count). The molecule has 4 nitrogen and oxygen atoms in total. The first-order valence-corrected chi connectivity index (χ1v) is 17.0. The standard InChI is InChI=1S/C44H33BN4/c1-26-21-28(3)40-34(23-26)35-24-27(2)22-29(4)41(35)49(40)45-37-17-11-12-18-38(37)48-42-33(20-19-32(39(42)45)30-13-7-5-8-14-30)36-25-46-43(47-44(36)48)31-15-9-6-10-16-31/h5-25H,1-4H3. The fourth-order valence-electron chi connectivity index (χ4n) is 8.70. The molecule has 6 aromatic carbocycles. The van der Waals surface area contributed by atoms with Gasteiger partial charge < -0.3 is 4.48 Å². The van der Waals surface area contributed by atoms with Gasteiger partial charge in [0.25, 0.3) is 0 Å². The first-order chi connectivity index (χ1) is 24.0. The van der Waals surface area contributed by atoms with Gasteiger partial charge in [0, 0.05) is 50.0 Å². The van der Waals surface area contributed by atoms with Gasteiger partial charge >= 0.3 is 6.85 Å². The van der Waals surface area contributed by atoms with Crippen molar-refractivity contribution in [2.45, 2.75) is 27.7 Å². The lowest BCUT2D eigenvalue weighted by molar-refractivity contribution is 1.11. The summed E-state index contributed by atoms with van der Waals surface area (Å²) in [5, 5.41) is 4.86. The molecule has 4 heterocycles. The summed E-state index contributed by atoms with van der Waals surface area (Å²) in [6.45, 7) is 8.89. The van der Waals surface area contributed by atoms with Crippen molar-refractivity contribution in [1.82, 2.24) is 19.0 Å². The summed E-state index contributed by atoms with van der Waals surface area (Å²) < 4.78 is 5.07. The normalized spacial score (nSPS) is 12.4. The Morgan fingerprint density at radius 3 is 1.84 bits per heavy atom. The van der Waals surface area contributed by atoms with Crippen LogP contribution >= 0.6 is 0 Å². The van der Waals surface area contributed by atoms with Gasteiger partial charge in [0.1, 0.15) is 5.65 Å². The van der Waals surface area contributed by atoms with Gasteiger partial charge in [-0.1, -0.05) is 114 Å². The monoisotopic (exact) mass is 628 g/mol. The molecule has 1 aliphatic rings. The van der Waals surface area contributed by atoms with Gasteiger partial charge in [0.15, 0.2) is 5.82 Å². The average Bonchev–Trinajstić information content (AvgIpc) is 3.63. The summed E-state index contributed by atoms with van der Waals surface area (Å²) in [5.74, 6) is 0.732. The van der Waals surface area contributed by atoms with E-state index in [1.165, 1.54) is 77.0 Å². The second-order valence-electron chi connectivity index (χ2n) is 13.7. The summed E-state index contributed by atoms with van der Waals surface area (Å²) in [6.07, 6.45) is 2.03. The second kappa shape index (κ2) is 10.3. The Balaban J connectivity index is 1.43. The molecule has 0 bridgehead atoms. The van der Waals surface area contributed by atoms with Crippen LogP contribution in [0.3, 0.4) is 0 Å².